The molecule has 0 fully saturated rings. The van der Waals surface area contributed by atoms with E-state index in [1.807, 2.05) is 0 Å². The Morgan fingerprint density at radius 1 is 1.47 bits per heavy atom. The molecule has 0 saturated heterocycles. The van der Waals surface area contributed by atoms with Gasteiger partial charge in [-0.25, -0.2) is 9.97 Å². The van der Waals surface area contributed by atoms with Crippen LogP contribution in [0.1, 0.15) is 6.42 Å². The maximum absolute atomic E-state index is 8.46. The molecule has 1 heterocycles. The van der Waals surface area contributed by atoms with Crippen molar-refractivity contribution in [2.45, 2.75) is 6.42 Å². The van der Waals surface area contributed by atoms with Crippen molar-refractivity contribution in [3.63, 3.8) is 0 Å². The van der Waals surface area contributed by atoms with Crippen LogP contribution in [0, 0.1) is 0 Å². The minimum absolute atomic E-state index is 0.0644. The lowest BCUT2D eigenvalue weighted by Gasteiger charge is -2.05. The molecule has 0 aliphatic heterocycles. The van der Waals surface area contributed by atoms with Crippen molar-refractivity contribution in [2.24, 2.45) is 0 Å². The summed E-state index contributed by atoms with van der Waals surface area (Å²) in [5, 5.41) is 11.8. The molecule has 2 N–H and O–H groups in total. The van der Waals surface area contributed by atoms with Crippen molar-refractivity contribution in [3.05, 3.63) is 17.5 Å². The van der Waals surface area contributed by atoms with Gasteiger partial charge in [0.2, 0.25) is 5.28 Å². The molecule has 0 aromatic carbocycles. The Morgan fingerprint density at radius 3 is 3.07 bits per heavy atom. The fourth-order valence-corrected chi connectivity index (χ4v) is 1.14. The quantitative estimate of drug-likeness (QED) is 0.540. The van der Waals surface area contributed by atoms with Crippen molar-refractivity contribution in [2.75, 3.05) is 31.7 Å². The van der Waals surface area contributed by atoms with Gasteiger partial charge in [-0.1, -0.05) is 0 Å². The van der Waals surface area contributed by atoms with Crippen molar-refractivity contribution in [1.82, 2.24) is 9.97 Å². The van der Waals surface area contributed by atoms with Crippen LogP contribution in [0.15, 0.2) is 12.3 Å². The Kier molecular flexibility index (Phi) is 5.99. The van der Waals surface area contributed by atoms with Gasteiger partial charge >= 0.3 is 0 Å². The number of hydrogen-bond acceptors (Lipinski definition) is 5. The van der Waals surface area contributed by atoms with Crippen molar-refractivity contribution in [3.8, 4) is 0 Å². The molecule has 1 aromatic heterocycles. The standard InChI is InChI=1S/C9H14ClN3O2/c10-9-12-4-2-8(13-9)11-3-1-6-15-7-5-14/h2,4,14H,1,3,5-7H2,(H,11,12,13). The number of anilines is 1. The summed E-state index contributed by atoms with van der Waals surface area (Å²) in [5.74, 6) is 0.706. The third-order valence-electron chi connectivity index (χ3n) is 1.63. The molecule has 1 rings (SSSR count). The molecule has 0 unspecified atom stereocenters. The van der Waals surface area contributed by atoms with Gasteiger partial charge in [-0.15, -0.1) is 0 Å². The summed E-state index contributed by atoms with van der Waals surface area (Å²) in [6.07, 6.45) is 2.45. The van der Waals surface area contributed by atoms with Crippen molar-refractivity contribution >= 4 is 17.4 Å². The second-order valence-corrected chi connectivity index (χ2v) is 3.17. The summed E-state index contributed by atoms with van der Waals surface area (Å²) in [6.45, 7) is 1.82. The van der Waals surface area contributed by atoms with E-state index in [0.29, 0.717) is 19.0 Å². The highest BCUT2D eigenvalue weighted by Crippen LogP contribution is 2.05. The van der Waals surface area contributed by atoms with Gasteiger partial charge < -0.3 is 15.2 Å². The highest BCUT2D eigenvalue weighted by Gasteiger charge is 1.95. The predicted octanol–water partition coefficient (Wildman–Crippen LogP) is 0.941. The van der Waals surface area contributed by atoms with E-state index in [9.17, 15) is 0 Å². The normalized spacial score (nSPS) is 10.3. The largest absolute Gasteiger partial charge is 0.394 e. The Labute approximate surface area is 93.5 Å². The molecule has 5 nitrogen and oxygen atoms in total. The predicted molar refractivity (Wildman–Crippen MR) is 58.1 cm³/mol. The first-order valence-electron chi connectivity index (χ1n) is 4.74. The van der Waals surface area contributed by atoms with Crippen molar-refractivity contribution in [1.29, 1.82) is 0 Å². The molecule has 15 heavy (non-hydrogen) atoms. The van der Waals surface area contributed by atoms with E-state index in [4.69, 9.17) is 21.4 Å². The smallest absolute Gasteiger partial charge is 0.224 e. The number of hydrogen-bond donors (Lipinski definition) is 2. The van der Waals surface area contributed by atoms with E-state index < -0.39 is 0 Å². The average molecular weight is 232 g/mol. The van der Waals surface area contributed by atoms with Crippen LogP contribution in [-0.4, -0.2) is 41.4 Å². The van der Waals surface area contributed by atoms with E-state index in [2.05, 4.69) is 15.3 Å². The molecule has 0 bridgehead atoms. The third-order valence-corrected chi connectivity index (χ3v) is 1.82. The minimum Gasteiger partial charge on any atom is -0.394 e. The topological polar surface area (TPSA) is 67.3 Å². The molecule has 0 amide bonds. The molecule has 0 saturated carbocycles. The van der Waals surface area contributed by atoms with Gasteiger partial charge in [-0.05, 0) is 24.1 Å². The Balaban J connectivity index is 2.10. The fourth-order valence-electron chi connectivity index (χ4n) is 0.991. The van der Waals surface area contributed by atoms with E-state index in [1.54, 1.807) is 12.3 Å². The number of nitrogens with one attached hydrogen (secondary N) is 1. The number of ether oxygens (including phenoxy) is 1. The molecule has 84 valence electrons. The number of aliphatic hydroxyl groups is 1. The molecule has 0 atom stereocenters. The van der Waals surface area contributed by atoms with Crippen LogP contribution in [-0.2, 0) is 4.74 Å². The number of halogens is 1. The van der Waals surface area contributed by atoms with Crippen LogP contribution in [0.25, 0.3) is 0 Å². The van der Waals surface area contributed by atoms with Crippen LogP contribution in [0.2, 0.25) is 5.28 Å². The van der Waals surface area contributed by atoms with Crippen LogP contribution in [0.3, 0.4) is 0 Å². The van der Waals surface area contributed by atoms with Gasteiger partial charge in [-0.3, -0.25) is 0 Å². The van der Waals surface area contributed by atoms with Gasteiger partial charge in [0.05, 0.1) is 13.2 Å². The van der Waals surface area contributed by atoms with Gasteiger partial charge in [0, 0.05) is 19.3 Å². The van der Waals surface area contributed by atoms with Crippen LogP contribution in [0.4, 0.5) is 5.82 Å². The Bertz CT molecular complexity index is 286. The Hall–Kier alpha value is -0.910. The second-order valence-electron chi connectivity index (χ2n) is 2.83. The highest BCUT2D eigenvalue weighted by molar-refractivity contribution is 6.28. The molecular formula is C9H14ClN3O2. The van der Waals surface area contributed by atoms with E-state index in [1.165, 1.54) is 0 Å². The summed E-state index contributed by atoms with van der Waals surface area (Å²) in [6, 6.07) is 1.75. The number of aromatic nitrogens is 2. The van der Waals surface area contributed by atoms with Gasteiger partial charge in [0.25, 0.3) is 0 Å². The monoisotopic (exact) mass is 231 g/mol. The molecular weight excluding hydrogens is 218 g/mol. The summed E-state index contributed by atoms with van der Waals surface area (Å²) in [5.41, 5.74) is 0. The van der Waals surface area contributed by atoms with E-state index in [0.717, 1.165) is 13.0 Å². The molecule has 0 radical (unpaired) electrons. The van der Waals surface area contributed by atoms with Crippen LogP contribution in [0.5, 0.6) is 0 Å². The molecule has 0 aliphatic carbocycles. The fraction of sp³-hybridized carbons (Fsp3) is 0.556. The Morgan fingerprint density at radius 2 is 2.33 bits per heavy atom. The van der Waals surface area contributed by atoms with Gasteiger partial charge in [0.15, 0.2) is 0 Å². The van der Waals surface area contributed by atoms with Crippen LogP contribution < -0.4 is 5.32 Å². The summed E-state index contributed by atoms with van der Waals surface area (Å²) < 4.78 is 5.10. The van der Waals surface area contributed by atoms with Crippen LogP contribution >= 0.6 is 11.6 Å². The van der Waals surface area contributed by atoms with Gasteiger partial charge in [-0.2, -0.15) is 0 Å². The van der Waals surface area contributed by atoms with Crippen molar-refractivity contribution < 1.29 is 9.84 Å². The first kappa shape index (κ1) is 12.2. The SMILES string of the molecule is OCCOCCCNc1ccnc(Cl)n1. The molecule has 0 spiro atoms. The highest BCUT2D eigenvalue weighted by atomic mass is 35.5. The van der Waals surface area contributed by atoms with E-state index in [-0.39, 0.29) is 11.9 Å². The number of rotatable bonds is 7. The lowest BCUT2D eigenvalue weighted by Crippen LogP contribution is -2.08. The minimum atomic E-state index is 0.0644. The maximum atomic E-state index is 8.46. The summed E-state index contributed by atoms with van der Waals surface area (Å²) in [4.78, 5) is 7.74. The zero-order chi connectivity index (χ0) is 10.9. The number of aliphatic hydroxyl groups excluding tert-OH is 1. The summed E-state index contributed by atoms with van der Waals surface area (Å²) >= 11 is 5.61. The number of nitrogens with zero attached hydrogens (tertiary/aromatic N) is 2. The average Bonchev–Trinajstić information content (AvgIpc) is 2.23. The first-order chi connectivity index (χ1) is 7.33. The van der Waals surface area contributed by atoms with E-state index >= 15 is 0 Å². The van der Waals surface area contributed by atoms with Gasteiger partial charge in [0.1, 0.15) is 5.82 Å². The third kappa shape index (κ3) is 5.51. The maximum Gasteiger partial charge on any atom is 0.224 e. The second kappa shape index (κ2) is 7.39. The molecule has 0 aliphatic rings. The zero-order valence-electron chi connectivity index (χ0n) is 8.32. The first-order valence-corrected chi connectivity index (χ1v) is 5.12. The lowest BCUT2D eigenvalue weighted by atomic mass is 10.4. The zero-order valence-corrected chi connectivity index (χ0v) is 9.07. The molecule has 6 heteroatoms. The molecule has 1 aromatic rings. The lowest BCUT2D eigenvalue weighted by molar-refractivity contribution is 0.0922. The summed E-state index contributed by atoms with van der Waals surface area (Å²) in [7, 11) is 0.